The number of anilines is 1. The summed E-state index contributed by atoms with van der Waals surface area (Å²) in [4.78, 5) is 16.7. The highest BCUT2D eigenvalue weighted by molar-refractivity contribution is 7.80. The predicted molar refractivity (Wildman–Crippen MR) is 119 cm³/mol. The molecule has 1 aromatic heterocycles. The van der Waals surface area contributed by atoms with E-state index in [-0.39, 0.29) is 11.0 Å². The Morgan fingerprint density at radius 1 is 1.07 bits per heavy atom. The molecule has 0 saturated carbocycles. The number of carbonyl (C=O) groups excluding carboxylic acids is 1. The number of aryl methyl sites for hydroxylation is 1. The molecule has 4 aromatic rings. The van der Waals surface area contributed by atoms with Crippen LogP contribution in [-0.4, -0.2) is 16.0 Å². The highest BCUT2D eigenvalue weighted by Gasteiger charge is 2.10. The van der Waals surface area contributed by atoms with Crippen molar-refractivity contribution < 1.29 is 9.21 Å². The van der Waals surface area contributed by atoms with Gasteiger partial charge < -0.3 is 9.73 Å². The number of halogens is 1. The second-order valence-electron chi connectivity index (χ2n) is 6.49. The molecule has 2 N–H and O–H groups in total. The minimum Gasteiger partial charge on any atom is -0.436 e. The van der Waals surface area contributed by atoms with Crippen LogP contribution in [0.15, 0.2) is 71.1 Å². The second-order valence-corrected chi connectivity index (χ2v) is 7.33. The van der Waals surface area contributed by atoms with Crippen LogP contribution in [-0.2, 0) is 0 Å². The van der Waals surface area contributed by atoms with E-state index in [1.807, 2.05) is 43.3 Å². The van der Waals surface area contributed by atoms with E-state index in [0.717, 1.165) is 16.8 Å². The molecule has 1 amide bonds. The minimum absolute atomic E-state index is 0.223. The SMILES string of the molecule is Cc1cccc(C(=O)NC(=S)Nc2ccc(-c3nc4cc(Cl)ccc4o3)cc2)c1. The highest BCUT2D eigenvalue weighted by atomic mass is 35.5. The maximum absolute atomic E-state index is 12.3. The van der Waals surface area contributed by atoms with Gasteiger partial charge in [0.25, 0.3) is 5.91 Å². The Morgan fingerprint density at radius 2 is 1.86 bits per heavy atom. The number of thiocarbonyl (C=S) groups is 1. The van der Waals surface area contributed by atoms with E-state index in [9.17, 15) is 4.79 Å². The predicted octanol–water partition coefficient (Wildman–Crippen LogP) is 5.58. The van der Waals surface area contributed by atoms with Gasteiger partial charge in [0.15, 0.2) is 10.7 Å². The number of aromatic nitrogens is 1. The fraction of sp³-hybridized carbons (Fsp3) is 0.0455. The quantitative estimate of drug-likeness (QED) is 0.422. The molecule has 5 nitrogen and oxygen atoms in total. The van der Waals surface area contributed by atoms with Crippen LogP contribution in [0.25, 0.3) is 22.6 Å². The van der Waals surface area contributed by atoms with Gasteiger partial charge in [-0.3, -0.25) is 10.1 Å². The van der Waals surface area contributed by atoms with Crippen LogP contribution in [0.3, 0.4) is 0 Å². The molecule has 0 saturated heterocycles. The number of hydrogen-bond donors (Lipinski definition) is 2. The molecule has 1 heterocycles. The molecule has 29 heavy (non-hydrogen) atoms. The number of rotatable bonds is 3. The molecule has 3 aromatic carbocycles. The summed E-state index contributed by atoms with van der Waals surface area (Å²) in [6, 6.07) is 20.0. The van der Waals surface area contributed by atoms with E-state index in [0.29, 0.717) is 27.6 Å². The van der Waals surface area contributed by atoms with Gasteiger partial charge in [-0.05, 0) is 73.7 Å². The molecule has 7 heteroatoms. The maximum atomic E-state index is 12.3. The van der Waals surface area contributed by atoms with Gasteiger partial charge in [0.2, 0.25) is 5.89 Å². The molecule has 144 valence electrons. The summed E-state index contributed by atoms with van der Waals surface area (Å²) in [7, 11) is 0. The summed E-state index contributed by atoms with van der Waals surface area (Å²) in [5, 5.41) is 6.51. The van der Waals surface area contributed by atoms with Gasteiger partial charge in [-0.25, -0.2) is 4.98 Å². The standard InChI is InChI=1S/C22H16ClN3O2S/c1-13-3-2-4-15(11-13)20(27)26-22(29)24-17-8-5-14(6-9-17)21-25-18-12-16(23)7-10-19(18)28-21/h2-12H,1H3,(H2,24,26,27,29). The van der Waals surface area contributed by atoms with E-state index in [1.54, 1.807) is 30.3 Å². The van der Waals surface area contributed by atoms with Crippen molar-refractivity contribution in [1.82, 2.24) is 10.3 Å². The van der Waals surface area contributed by atoms with E-state index in [2.05, 4.69) is 15.6 Å². The lowest BCUT2D eigenvalue weighted by atomic mass is 10.1. The second kappa shape index (κ2) is 8.03. The zero-order valence-electron chi connectivity index (χ0n) is 15.4. The minimum atomic E-state index is -0.257. The Morgan fingerprint density at radius 3 is 2.62 bits per heavy atom. The number of amides is 1. The Balaban J connectivity index is 1.43. The molecular weight excluding hydrogens is 406 g/mol. The zero-order chi connectivity index (χ0) is 20.4. The third-order valence-corrected chi connectivity index (χ3v) is 4.69. The largest absolute Gasteiger partial charge is 0.436 e. The summed E-state index contributed by atoms with van der Waals surface area (Å²) < 4.78 is 5.77. The monoisotopic (exact) mass is 421 g/mol. The molecule has 0 aliphatic heterocycles. The van der Waals surface area contributed by atoms with Crippen molar-refractivity contribution in [3.05, 3.63) is 82.9 Å². The molecule has 0 spiro atoms. The summed E-state index contributed by atoms with van der Waals surface area (Å²) in [5.74, 6) is 0.247. The third kappa shape index (κ3) is 4.45. The number of oxazole rings is 1. The number of carbonyl (C=O) groups is 1. The van der Waals surface area contributed by atoms with Crippen LogP contribution >= 0.6 is 23.8 Å². The zero-order valence-corrected chi connectivity index (χ0v) is 17.0. The number of benzene rings is 3. The highest BCUT2D eigenvalue weighted by Crippen LogP contribution is 2.27. The van der Waals surface area contributed by atoms with Crippen LogP contribution in [0, 0.1) is 6.92 Å². The first-order valence-corrected chi connectivity index (χ1v) is 9.62. The number of nitrogens with zero attached hydrogens (tertiary/aromatic N) is 1. The number of hydrogen-bond acceptors (Lipinski definition) is 4. The van der Waals surface area contributed by atoms with Gasteiger partial charge >= 0.3 is 0 Å². The molecule has 0 bridgehead atoms. The summed E-state index contributed by atoms with van der Waals surface area (Å²) >= 11 is 11.2. The molecule has 0 atom stereocenters. The maximum Gasteiger partial charge on any atom is 0.257 e. The normalized spacial score (nSPS) is 10.7. The summed E-state index contributed by atoms with van der Waals surface area (Å²) in [6.07, 6.45) is 0. The van der Waals surface area contributed by atoms with E-state index < -0.39 is 0 Å². The van der Waals surface area contributed by atoms with Crippen molar-refractivity contribution in [3.63, 3.8) is 0 Å². The van der Waals surface area contributed by atoms with Crippen LogP contribution in [0.1, 0.15) is 15.9 Å². The molecule has 0 unspecified atom stereocenters. The van der Waals surface area contributed by atoms with Gasteiger partial charge in [0, 0.05) is 21.8 Å². The third-order valence-electron chi connectivity index (χ3n) is 4.25. The van der Waals surface area contributed by atoms with Crippen molar-refractivity contribution in [2.24, 2.45) is 0 Å². The lowest BCUT2D eigenvalue weighted by molar-refractivity contribution is 0.0977. The van der Waals surface area contributed by atoms with Gasteiger partial charge in [0.05, 0.1) is 0 Å². The van der Waals surface area contributed by atoms with Gasteiger partial charge in [-0.1, -0.05) is 29.3 Å². The van der Waals surface area contributed by atoms with Gasteiger partial charge in [-0.2, -0.15) is 0 Å². The van der Waals surface area contributed by atoms with Crippen LogP contribution < -0.4 is 10.6 Å². The molecule has 4 rings (SSSR count). The Bertz CT molecular complexity index is 1220. The first-order valence-electron chi connectivity index (χ1n) is 8.83. The topological polar surface area (TPSA) is 67.2 Å². The first kappa shape index (κ1) is 19.1. The average Bonchev–Trinajstić information content (AvgIpc) is 3.11. The summed E-state index contributed by atoms with van der Waals surface area (Å²) in [6.45, 7) is 1.93. The Labute approximate surface area is 177 Å². The van der Waals surface area contributed by atoms with Crippen molar-refractivity contribution in [2.75, 3.05) is 5.32 Å². The fourth-order valence-electron chi connectivity index (χ4n) is 2.84. The first-order chi connectivity index (χ1) is 14.0. The van der Waals surface area contributed by atoms with Crippen molar-refractivity contribution in [2.45, 2.75) is 6.92 Å². The smallest absolute Gasteiger partial charge is 0.257 e. The van der Waals surface area contributed by atoms with Crippen LogP contribution in [0.2, 0.25) is 5.02 Å². The lowest BCUT2D eigenvalue weighted by Gasteiger charge is -2.10. The fourth-order valence-corrected chi connectivity index (χ4v) is 3.22. The van der Waals surface area contributed by atoms with E-state index in [1.165, 1.54) is 0 Å². The molecule has 0 radical (unpaired) electrons. The number of fused-ring (bicyclic) bond motifs is 1. The Hall–Kier alpha value is -3.22. The van der Waals surface area contributed by atoms with Gasteiger partial charge in [-0.15, -0.1) is 0 Å². The van der Waals surface area contributed by atoms with Crippen molar-refractivity contribution in [3.8, 4) is 11.5 Å². The van der Waals surface area contributed by atoms with Crippen LogP contribution in [0.4, 0.5) is 5.69 Å². The van der Waals surface area contributed by atoms with E-state index in [4.69, 9.17) is 28.2 Å². The Kier molecular flexibility index (Phi) is 5.29. The van der Waals surface area contributed by atoms with Crippen molar-refractivity contribution in [1.29, 1.82) is 0 Å². The van der Waals surface area contributed by atoms with Gasteiger partial charge in [0.1, 0.15) is 5.52 Å². The van der Waals surface area contributed by atoms with Crippen molar-refractivity contribution >= 4 is 51.6 Å². The molecule has 0 aliphatic rings. The lowest BCUT2D eigenvalue weighted by Crippen LogP contribution is -2.34. The molecule has 0 aliphatic carbocycles. The number of nitrogens with one attached hydrogen (secondary N) is 2. The molecule has 0 fully saturated rings. The summed E-state index contributed by atoms with van der Waals surface area (Å²) in [5.41, 5.74) is 4.50. The average molecular weight is 422 g/mol. The van der Waals surface area contributed by atoms with E-state index >= 15 is 0 Å². The van der Waals surface area contributed by atoms with Crippen LogP contribution in [0.5, 0.6) is 0 Å². The molecular formula is C22H16ClN3O2S.